The Morgan fingerprint density at radius 1 is 1.44 bits per heavy atom. The molecule has 2 aliphatic heterocycles. The summed E-state index contributed by atoms with van der Waals surface area (Å²) in [6.07, 6.45) is 1.81. The number of rotatable bonds is 8. The first-order valence-electron chi connectivity index (χ1n) is 10.5. The maximum Gasteiger partial charge on any atom is 0.407 e. The Morgan fingerprint density at radius 3 is 2.83 bits per heavy atom. The van der Waals surface area contributed by atoms with Crippen molar-refractivity contribution >= 4 is 51.7 Å². The summed E-state index contributed by atoms with van der Waals surface area (Å²) in [4.78, 5) is 46.6. The van der Waals surface area contributed by atoms with Crippen LogP contribution in [-0.2, 0) is 25.8 Å². The predicted molar refractivity (Wildman–Crippen MR) is 123 cm³/mol. The number of aromatic nitrogens is 2. The van der Waals surface area contributed by atoms with E-state index in [1.165, 1.54) is 17.1 Å². The highest BCUT2D eigenvalue weighted by Gasteiger charge is 2.53. The van der Waals surface area contributed by atoms with Crippen molar-refractivity contribution in [3.63, 3.8) is 0 Å². The van der Waals surface area contributed by atoms with Gasteiger partial charge in [-0.25, -0.2) is 4.98 Å². The molecule has 2 atom stereocenters. The highest BCUT2D eigenvalue weighted by atomic mass is 32.2. The molecule has 2 aliphatic rings. The van der Waals surface area contributed by atoms with Crippen LogP contribution in [0, 0.1) is 13.8 Å². The molecule has 0 bridgehead atoms. The number of pyridine rings is 1. The Morgan fingerprint density at radius 2 is 2.19 bits per heavy atom. The van der Waals surface area contributed by atoms with Gasteiger partial charge in [0.25, 0.3) is 11.8 Å². The number of carboxylic acid groups (broad SMARTS) is 1. The summed E-state index contributed by atoms with van der Waals surface area (Å²) in [5, 5.41) is 18.2. The lowest BCUT2D eigenvalue weighted by atomic mass is 10.0. The summed E-state index contributed by atoms with van der Waals surface area (Å²) >= 11 is 2.21. The number of nitrogen functional groups attached to an aromatic ring is 1. The monoisotopic (exact) mass is 538 g/mol. The Balaban J connectivity index is 1.55. The van der Waals surface area contributed by atoms with E-state index in [1.807, 2.05) is 36.7 Å². The van der Waals surface area contributed by atoms with Crippen molar-refractivity contribution in [1.29, 1.82) is 0 Å². The number of anilines is 1. The SMILES string of the molecule is Cc1ccc[n+](CC2=C(C(=O)[O-])N3C(=O)C(NC(=O)/C(=N/OC(F)F)c4csc(N)n4)[C@H]3SC2)c1C. The quantitative estimate of drug-likeness (QED) is 0.201. The number of nitrogens with zero attached hydrogens (tertiary/aromatic N) is 4. The number of carboxylic acids is 1. The average molecular weight is 539 g/mol. The molecule has 4 rings (SSSR count). The number of nitrogens with two attached hydrogens (primary N) is 1. The lowest BCUT2D eigenvalue weighted by Gasteiger charge is -2.50. The van der Waals surface area contributed by atoms with Crippen LogP contribution in [0.1, 0.15) is 17.0 Å². The minimum atomic E-state index is -3.29. The van der Waals surface area contributed by atoms with Gasteiger partial charge in [0, 0.05) is 35.3 Å². The average Bonchev–Trinajstić information content (AvgIpc) is 3.25. The fraction of sp³-hybridized carbons (Fsp3) is 0.333. The normalized spacial score (nSPS) is 19.8. The smallest absolute Gasteiger partial charge is 0.407 e. The number of carbonyl (C=O) groups excluding carboxylic acids is 3. The molecule has 3 N–H and O–H groups in total. The number of thioether (sulfide) groups is 1. The second-order valence-corrected chi connectivity index (χ2v) is 9.88. The zero-order chi connectivity index (χ0) is 26.1. The number of thiazole rings is 1. The number of halogens is 2. The van der Waals surface area contributed by atoms with Crippen molar-refractivity contribution in [3.05, 3.63) is 51.9 Å². The molecule has 15 heteroatoms. The fourth-order valence-corrected chi connectivity index (χ4v) is 5.71. The molecule has 36 heavy (non-hydrogen) atoms. The third kappa shape index (κ3) is 4.88. The molecule has 0 radical (unpaired) electrons. The van der Waals surface area contributed by atoms with Crippen LogP contribution in [0.2, 0.25) is 0 Å². The molecule has 0 aromatic carbocycles. The van der Waals surface area contributed by atoms with E-state index in [2.05, 4.69) is 20.3 Å². The first kappa shape index (κ1) is 25.5. The number of nitrogens with one attached hydrogen (secondary N) is 1. The number of fused-ring (bicyclic) bond motifs is 1. The number of hydrogen-bond acceptors (Lipinski definition) is 10. The molecule has 190 valence electrons. The molecular weight excluding hydrogens is 518 g/mol. The zero-order valence-corrected chi connectivity index (χ0v) is 20.6. The van der Waals surface area contributed by atoms with Gasteiger partial charge in [-0.2, -0.15) is 13.3 Å². The molecule has 2 aromatic rings. The molecule has 4 heterocycles. The molecule has 1 fully saturated rings. The van der Waals surface area contributed by atoms with Gasteiger partial charge in [-0.1, -0.05) is 5.16 Å². The molecular formula is C21H20F2N6O5S2. The van der Waals surface area contributed by atoms with Crippen LogP contribution >= 0.6 is 23.1 Å². The Bertz CT molecular complexity index is 1300. The van der Waals surface area contributed by atoms with Gasteiger partial charge in [0.05, 0.1) is 11.7 Å². The lowest BCUT2D eigenvalue weighted by molar-refractivity contribution is -0.695. The van der Waals surface area contributed by atoms with Crippen LogP contribution in [-0.4, -0.2) is 57.2 Å². The predicted octanol–water partition coefficient (Wildman–Crippen LogP) is -0.323. The van der Waals surface area contributed by atoms with Gasteiger partial charge in [0.1, 0.15) is 17.1 Å². The van der Waals surface area contributed by atoms with Gasteiger partial charge in [-0.3, -0.25) is 14.5 Å². The molecule has 0 saturated carbocycles. The van der Waals surface area contributed by atoms with E-state index in [9.17, 15) is 28.3 Å². The number of alkyl halides is 2. The number of aryl methyl sites for hydroxylation is 1. The molecule has 1 saturated heterocycles. The van der Waals surface area contributed by atoms with Crippen LogP contribution in [0.4, 0.5) is 13.9 Å². The van der Waals surface area contributed by atoms with E-state index in [1.54, 1.807) is 0 Å². The van der Waals surface area contributed by atoms with Crippen LogP contribution in [0.15, 0.2) is 40.1 Å². The van der Waals surface area contributed by atoms with Crippen molar-refractivity contribution in [3.8, 4) is 0 Å². The summed E-state index contributed by atoms with van der Waals surface area (Å²) in [6, 6.07) is 2.65. The molecule has 0 spiro atoms. The molecule has 1 unspecified atom stereocenters. The largest absolute Gasteiger partial charge is 0.543 e. The van der Waals surface area contributed by atoms with Gasteiger partial charge in [-0.05, 0) is 13.0 Å². The van der Waals surface area contributed by atoms with Gasteiger partial charge in [-0.15, -0.1) is 23.1 Å². The summed E-state index contributed by atoms with van der Waals surface area (Å²) < 4.78 is 26.9. The highest BCUT2D eigenvalue weighted by Crippen LogP contribution is 2.40. The topological polar surface area (TPSA) is 154 Å². The fourth-order valence-electron chi connectivity index (χ4n) is 3.82. The Kier molecular flexibility index (Phi) is 7.21. The van der Waals surface area contributed by atoms with Gasteiger partial charge in [0.2, 0.25) is 0 Å². The Labute approximate surface area is 211 Å². The number of oxime groups is 1. The van der Waals surface area contributed by atoms with E-state index < -0.39 is 41.5 Å². The number of amides is 2. The summed E-state index contributed by atoms with van der Waals surface area (Å²) in [6.45, 7) is 0.787. The first-order valence-corrected chi connectivity index (χ1v) is 12.4. The van der Waals surface area contributed by atoms with E-state index >= 15 is 0 Å². The van der Waals surface area contributed by atoms with E-state index in [0.29, 0.717) is 5.57 Å². The maximum atomic E-state index is 12.9. The maximum absolute atomic E-state index is 12.9. The van der Waals surface area contributed by atoms with E-state index in [4.69, 9.17) is 5.73 Å². The summed E-state index contributed by atoms with van der Waals surface area (Å²) in [5.74, 6) is -2.93. The molecule has 0 aliphatic carbocycles. The van der Waals surface area contributed by atoms with Crippen molar-refractivity contribution in [1.82, 2.24) is 15.2 Å². The van der Waals surface area contributed by atoms with Crippen molar-refractivity contribution < 1.29 is 37.7 Å². The molecule has 11 nitrogen and oxygen atoms in total. The summed E-state index contributed by atoms with van der Waals surface area (Å²) in [5.41, 5.74) is 7.04. The number of β-lactam (4-membered cyclic amide) rings is 1. The van der Waals surface area contributed by atoms with Gasteiger partial charge < -0.3 is 25.8 Å². The number of carbonyl (C=O) groups is 3. The van der Waals surface area contributed by atoms with E-state index in [0.717, 1.165) is 27.5 Å². The van der Waals surface area contributed by atoms with Crippen LogP contribution < -0.4 is 20.7 Å². The third-order valence-corrected chi connectivity index (χ3v) is 7.72. The second kappa shape index (κ2) is 10.2. The minimum Gasteiger partial charge on any atom is -0.543 e. The van der Waals surface area contributed by atoms with Crippen LogP contribution in [0.25, 0.3) is 0 Å². The first-order chi connectivity index (χ1) is 17.1. The third-order valence-electron chi connectivity index (χ3n) is 5.71. The Hall–Kier alpha value is -3.59. The standard InChI is InChI=1S/C21H20F2N6O5S2/c1-9-4-3-5-28(10(9)2)6-11-7-35-18-14(17(31)29(18)15(11)19(32)33)26-16(30)13(27-34-20(22)23)12-8-36-21(24)25-12/h3-5,8,14,18,20H,6-7H2,1-2H3,(H3-,24,25,26,30,32,33)/b27-13+/t14?,18-/m1/s1. The van der Waals surface area contributed by atoms with Crippen molar-refractivity contribution in [2.75, 3.05) is 11.5 Å². The van der Waals surface area contributed by atoms with Gasteiger partial charge in [0.15, 0.2) is 29.3 Å². The second-order valence-electron chi connectivity index (χ2n) is 7.88. The lowest BCUT2D eigenvalue weighted by Crippen LogP contribution is -2.71. The summed E-state index contributed by atoms with van der Waals surface area (Å²) in [7, 11) is 0. The minimum absolute atomic E-state index is 0.0641. The van der Waals surface area contributed by atoms with E-state index in [-0.39, 0.29) is 28.8 Å². The number of hydrogen-bond donors (Lipinski definition) is 2. The van der Waals surface area contributed by atoms with Crippen LogP contribution in [0.3, 0.4) is 0 Å². The number of aliphatic carboxylic acids is 1. The molecule has 2 amide bonds. The molecule has 2 aromatic heterocycles. The van der Waals surface area contributed by atoms with Crippen molar-refractivity contribution in [2.24, 2.45) is 5.16 Å². The van der Waals surface area contributed by atoms with Gasteiger partial charge >= 0.3 is 6.61 Å². The van der Waals surface area contributed by atoms with Crippen molar-refractivity contribution in [2.45, 2.75) is 38.4 Å². The van der Waals surface area contributed by atoms with Crippen LogP contribution in [0.5, 0.6) is 0 Å². The highest BCUT2D eigenvalue weighted by molar-refractivity contribution is 8.00. The zero-order valence-electron chi connectivity index (χ0n) is 18.9.